The highest BCUT2D eigenvalue weighted by atomic mass is 19.4. The SMILES string of the molecule is C/C(=N\c1cc(C2=CCN(C(=O)OC(C)(C)C)CC2)ccc1O)C(=O)N1CCN(Cc2ccc(C(F)(F)F)cc2)CC1. The van der Waals surface area contributed by atoms with Gasteiger partial charge in [0.25, 0.3) is 5.91 Å². The zero-order valence-corrected chi connectivity index (χ0v) is 24.4. The first-order chi connectivity index (χ1) is 19.7. The number of hydrogen-bond acceptors (Lipinski definition) is 6. The second-order valence-electron chi connectivity index (χ2n) is 11.6. The van der Waals surface area contributed by atoms with Gasteiger partial charge in [0, 0.05) is 45.8 Å². The average molecular weight is 587 g/mol. The molecule has 0 bridgehead atoms. The van der Waals surface area contributed by atoms with Gasteiger partial charge in [0.05, 0.1) is 5.56 Å². The first kappa shape index (κ1) is 31.1. The van der Waals surface area contributed by atoms with Gasteiger partial charge in [0.1, 0.15) is 22.7 Å². The molecule has 2 aromatic carbocycles. The summed E-state index contributed by atoms with van der Waals surface area (Å²) in [5.74, 6) is -0.280. The number of benzene rings is 2. The lowest BCUT2D eigenvalue weighted by Crippen LogP contribution is -2.49. The van der Waals surface area contributed by atoms with Gasteiger partial charge < -0.3 is 19.6 Å². The molecular weight excluding hydrogens is 549 g/mol. The quantitative estimate of drug-likeness (QED) is 0.443. The number of nitrogens with zero attached hydrogens (tertiary/aromatic N) is 4. The molecule has 2 amide bonds. The molecule has 1 N–H and O–H groups in total. The number of aliphatic imine (C=N–C) groups is 1. The van der Waals surface area contributed by atoms with Crippen molar-refractivity contribution in [2.75, 3.05) is 39.3 Å². The predicted octanol–water partition coefficient (Wildman–Crippen LogP) is 5.87. The molecule has 0 unspecified atom stereocenters. The molecule has 0 aliphatic carbocycles. The molecule has 1 saturated heterocycles. The number of amides is 2. The van der Waals surface area contributed by atoms with E-state index in [1.54, 1.807) is 34.9 Å². The van der Waals surface area contributed by atoms with Gasteiger partial charge in [-0.3, -0.25) is 9.69 Å². The third-order valence-electron chi connectivity index (χ3n) is 7.15. The standard InChI is InChI=1S/C31H37F3N4O4/c1-21(28(40)37-17-15-36(16-18-37)20-22-5-8-25(9-6-22)31(32,33)34)35-26-19-24(7-10-27(26)39)23-11-13-38(14-12-23)29(41)42-30(2,3)4/h5-11,19,39H,12-18,20H2,1-4H3/b35-21+. The average Bonchev–Trinajstić information content (AvgIpc) is 2.93. The molecule has 0 atom stereocenters. The zero-order chi connectivity index (χ0) is 30.7. The summed E-state index contributed by atoms with van der Waals surface area (Å²) in [5, 5.41) is 10.4. The number of carbonyl (C=O) groups excluding carboxylic acids is 2. The highest BCUT2D eigenvalue weighted by Crippen LogP contribution is 2.33. The second kappa shape index (κ2) is 12.6. The Hall–Kier alpha value is -3.86. The molecule has 0 saturated carbocycles. The number of phenolic OH excluding ortho intramolecular Hbond substituents is 1. The molecule has 2 aromatic rings. The molecule has 2 aliphatic heterocycles. The topological polar surface area (TPSA) is 85.7 Å². The number of rotatable bonds is 5. The van der Waals surface area contributed by atoms with Crippen molar-refractivity contribution in [3.05, 3.63) is 65.2 Å². The van der Waals surface area contributed by atoms with Crippen LogP contribution in [0.25, 0.3) is 5.57 Å². The number of phenols is 1. The molecule has 11 heteroatoms. The fourth-order valence-corrected chi connectivity index (χ4v) is 4.86. The minimum Gasteiger partial charge on any atom is -0.506 e. The number of aromatic hydroxyl groups is 1. The van der Waals surface area contributed by atoms with Crippen LogP contribution in [0.3, 0.4) is 0 Å². The van der Waals surface area contributed by atoms with Crippen LogP contribution in [0, 0.1) is 0 Å². The van der Waals surface area contributed by atoms with E-state index in [0.29, 0.717) is 52.2 Å². The maximum Gasteiger partial charge on any atom is 0.416 e. The number of carbonyl (C=O) groups is 2. The van der Waals surface area contributed by atoms with Gasteiger partial charge in [0.15, 0.2) is 0 Å². The Bertz CT molecular complexity index is 1360. The first-order valence-electron chi connectivity index (χ1n) is 13.9. The Kier molecular flexibility index (Phi) is 9.30. The number of halogens is 3. The zero-order valence-electron chi connectivity index (χ0n) is 24.4. The smallest absolute Gasteiger partial charge is 0.416 e. The number of piperazine rings is 1. The van der Waals surface area contributed by atoms with Gasteiger partial charge in [0.2, 0.25) is 0 Å². The van der Waals surface area contributed by atoms with Gasteiger partial charge in [-0.05, 0) is 75.1 Å². The van der Waals surface area contributed by atoms with Crippen LogP contribution in [0.1, 0.15) is 50.8 Å². The highest BCUT2D eigenvalue weighted by Gasteiger charge is 2.30. The van der Waals surface area contributed by atoms with E-state index in [-0.39, 0.29) is 29.1 Å². The monoisotopic (exact) mass is 586 g/mol. The summed E-state index contributed by atoms with van der Waals surface area (Å²) in [4.78, 5) is 35.4. The van der Waals surface area contributed by atoms with Crippen LogP contribution in [0.15, 0.2) is 53.5 Å². The van der Waals surface area contributed by atoms with Crippen LogP contribution < -0.4 is 0 Å². The van der Waals surface area contributed by atoms with Crippen LogP contribution in [0.2, 0.25) is 0 Å². The Morgan fingerprint density at radius 3 is 2.19 bits per heavy atom. The molecular formula is C31H37F3N4O4. The highest BCUT2D eigenvalue weighted by molar-refractivity contribution is 6.38. The van der Waals surface area contributed by atoms with E-state index in [0.717, 1.165) is 28.8 Å². The molecule has 0 radical (unpaired) electrons. The van der Waals surface area contributed by atoms with E-state index in [1.165, 1.54) is 12.1 Å². The number of alkyl halides is 3. The van der Waals surface area contributed by atoms with Crippen LogP contribution >= 0.6 is 0 Å². The predicted molar refractivity (Wildman–Crippen MR) is 155 cm³/mol. The van der Waals surface area contributed by atoms with Crippen LogP contribution in [-0.4, -0.2) is 82.4 Å². The summed E-state index contributed by atoms with van der Waals surface area (Å²) in [6, 6.07) is 10.2. The fraction of sp³-hybridized carbons (Fsp3) is 0.452. The summed E-state index contributed by atoms with van der Waals surface area (Å²) < 4.78 is 43.9. The van der Waals surface area contributed by atoms with Gasteiger partial charge in [-0.2, -0.15) is 13.2 Å². The minimum absolute atomic E-state index is 0.0425. The van der Waals surface area contributed by atoms with E-state index in [1.807, 2.05) is 26.8 Å². The molecule has 4 rings (SSSR count). The van der Waals surface area contributed by atoms with E-state index in [2.05, 4.69) is 9.89 Å². The fourth-order valence-electron chi connectivity index (χ4n) is 4.86. The van der Waals surface area contributed by atoms with E-state index in [9.17, 15) is 27.9 Å². The third kappa shape index (κ3) is 8.12. The van der Waals surface area contributed by atoms with Crippen molar-refractivity contribution in [3.8, 4) is 5.75 Å². The van der Waals surface area contributed by atoms with Gasteiger partial charge in [-0.1, -0.05) is 24.3 Å². The van der Waals surface area contributed by atoms with Crippen LogP contribution in [0.5, 0.6) is 5.75 Å². The largest absolute Gasteiger partial charge is 0.506 e. The van der Waals surface area contributed by atoms with E-state index >= 15 is 0 Å². The lowest BCUT2D eigenvalue weighted by molar-refractivity contribution is -0.137. The van der Waals surface area contributed by atoms with Crippen LogP contribution in [-0.2, 0) is 22.3 Å². The van der Waals surface area contributed by atoms with E-state index in [4.69, 9.17) is 4.74 Å². The molecule has 0 aromatic heterocycles. The molecule has 226 valence electrons. The Morgan fingerprint density at radius 1 is 0.952 bits per heavy atom. The van der Waals surface area contributed by atoms with Crippen molar-refractivity contribution in [2.45, 2.75) is 52.4 Å². The maximum absolute atomic E-state index is 13.1. The summed E-state index contributed by atoms with van der Waals surface area (Å²) in [6.45, 7) is 10.6. The molecule has 2 heterocycles. The Morgan fingerprint density at radius 2 is 1.62 bits per heavy atom. The molecule has 2 aliphatic rings. The molecule has 8 nitrogen and oxygen atoms in total. The normalized spacial score (nSPS) is 17.2. The van der Waals surface area contributed by atoms with E-state index < -0.39 is 17.3 Å². The summed E-state index contributed by atoms with van der Waals surface area (Å²) in [5.41, 5.74) is 1.94. The van der Waals surface area contributed by atoms with Gasteiger partial charge in [-0.25, -0.2) is 9.79 Å². The third-order valence-corrected chi connectivity index (χ3v) is 7.15. The van der Waals surface area contributed by atoms with Gasteiger partial charge in [-0.15, -0.1) is 0 Å². The van der Waals surface area contributed by atoms with Gasteiger partial charge >= 0.3 is 12.3 Å². The van der Waals surface area contributed by atoms with Crippen molar-refractivity contribution in [3.63, 3.8) is 0 Å². The van der Waals surface area contributed by atoms with Crippen molar-refractivity contribution in [1.29, 1.82) is 0 Å². The summed E-state index contributed by atoms with van der Waals surface area (Å²) >= 11 is 0. The first-order valence-corrected chi connectivity index (χ1v) is 13.9. The Balaban J connectivity index is 1.34. The summed E-state index contributed by atoms with van der Waals surface area (Å²) in [6.07, 6.45) is -2.15. The second-order valence-corrected chi connectivity index (χ2v) is 11.6. The van der Waals surface area contributed by atoms with Crippen molar-refractivity contribution >= 4 is 29.0 Å². The molecule has 1 fully saturated rings. The summed E-state index contributed by atoms with van der Waals surface area (Å²) in [7, 11) is 0. The minimum atomic E-state index is -4.36. The maximum atomic E-state index is 13.1. The van der Waals surface area contributed by atoms with Crippen molar-refractivity contribution < 1.29 is 32.6 Å². The lowest BCUT2D eigenvalue weighted by atomic mass is 9.99. The molecule has 0 spiro atoms. The van der Waals surface area contributed by atoms with Crippen molar-refractivity contribution in [2.24, 2.45) is 4.99 Å². The lowest BCUT2D eigenvalue weighted by Gasteiger charge is -2.34. The molecule has 42 heavy (non-hydrogen) atoms. The van der Waals surface area contributed by atoms with Crippen molar-refractivity contribution in [1.82, 2.24) is 14.7 Å². The number of hydrogen-bond donors (Lipinski definition) is 1. The number of ether oxygens (including phenoxy) is 1. The van der Waals surface area contributed by atoms with Crippen LogP contribution in [0.4, 0.5) is 23.7 Å². The Labute approximate surface area is 244 Å².